The van der Waals surface area contributed by atoms with Gasteiger partial charge in [0, 0.05) is 31.9 Å². The van der Waals surface area contributed by atoms with Gasteiger partial charge in [-0.15, -0.1) is 0 Å². The Kier molecular flexibility index (Phi) is 4.67. The van der Waals surface area contributed by atoms with Crippen molar-refractivity contribution in [1.29, 1.82) is 0 Å². The molecule has 2 N–H and O–H groups in total. The van der Waals surface area contributed by atoms with Gasteiger partial charge in [-0.25, -0.2) is 0 Å². The summed E-state index contributed by atoms with van der Waals surface area (Å²) < 4.78 is 28.2. The molecule has 0 radical (unpaired) electrons. The summed E-state index contributed by atoms with van der Waals surface area (Å²) in [6.45, 7) is 4.97. The fourth-order valence-corrected chi connectivity index (χ4v) is 3.37. The van der Waals surface area contributed by atoms with Crippen LogP contribution in [0.25, 0.3) is 0 Å². The first-order valence-electron chi connectivity index (χ1n) is 6.99. The lowest BCUT2D eigenvalue weighted by Gasteiger charge is -2.24. The van der Waals surface area contributed by atoms with E-state index in [-0.39, 0.29) is 6.04 Å². The molecule has 0 atom stereocenters. The summed E-state index contributed by atoms with van der Waals surface area (Å²) >= 11 is 0. The molecule has 0 spiro atoms. The number of aryl methyl sites for hydroxylation is 1. The van der Waals surface area contributed by atoms with E-state index in [9.17, 15) is 8.42 Å². The number of hydrogen-bond acceptors (Lipinski definition) is 3. The molecule has 0 fully saturated rings. The van der Waals surface area contributed by atoms with E-state index in [2.05, 4.69) is 16.1 Å². The molecular formula is C14H23N3O2S. The predicted molar refractivity (Wildman–Crippen MR) is 81.9 cm³/mol. The van der Waals surface area contributed by atoms with E-state index in [4.69, 9.17) is 0 Å². The molecule has 0 aliphatic carbocycles. The standard InChI is InChI=1S/C14H23N3O2S/c1-11(2)17(3)20(18,19)16-10-13-7-4-6-12-8-5-9-15-14(12)13/h4,6-7,11,15-16H,5,8-10H2,1-3H3. The van der Waals surface area contributed by atoms with Crippen LogP contribution >= 0.6 is 0 Å². The van der Waals surface area contributed by atoms with E-state index in [1.54, 1.807) is 7.05 Å². The first-order chi connectivity index (χ1) is 9.42. The summed E-state index contributed by atoms with van der Waals surface area (Å²) in [7, 11) is -1.84. The zero-order chi connectivity index (χ0) is 14.8. The molecule has 1 aromatic carbocycles. The number of benzene rings is 1. The second-order valence-electron chi connectivity index (χ2n) is 5.42. The minimum Gasteiger partial charge on any atom is -0.385 e. The van der Waals surface area contributed by atoms with Crippen molar-refractivity contribution in [2.24, 2.45) is 0 Å². The van der Waals surface area contributed by atoms with Crippen molar-refractivity contribution in [1.82, 2.24) is 9.03 Å². The van der Waals surface area contributed by atoms with Gasteiger partial charge in [-0.2, -0.15) is 17.4 Å². The van der Waals surface area contributed by atoms with Crippen LogP contribution in [0.3, 0.4) is 0 Å². The predicted octanol–water partition coefficient (Wildman–Crippen LogP) is 1.72. The summed E-state index contributed by atoms with van der Waals surface area (Å²) in [6, 6.07) is 5.99. The molecule has 6 heteroatoms. The molecule has 0 unspecified atom stereocenters. The van der Waals surface area contributed by atoms with Gasteiger partial charge in [0.15, 0.2) is 0 Å². The van der Waals surface area contributed by atoms with Crippen LogP contribution < -0.4 is 10.0 Å². The second kappa shape index (κ2) is 6.11. The first kappa shape index (κ1) is 15.3. The van der Waals surface area contributed by atoms with Crippen molar-refractivity contribution < 1.29 is 8.42 Å². The fourth-order valence-electron chi connectivity index (χ4n) is 2.28. The van der Waals surface area contributed by atoms with Crippen molar-refractivity contribution in [2.75, 3.05) is 18.9 Å². The van der Waals surface area contributed by atoms with Crippen molar-refractivity contribution in [2.45, 2.75) is 39.3 Å². The van der Waals surface area contributed by atoms with Gasteiger partial charge in [-0.1, -0.05) is 18.2 Å². The highest BCUT2D eigenvalue weighted by molar-refractivity contribution is 7.87. The molecule has 112 valence electrons. The lowest BCUT2D eigenvalue weighted by Crippen LogP contribution is -2.41. The highest BCUT2D eigenvalue weighted by atomic mass is 32.2. The van der Waals surface area contributed by atoms with Crippen LogP contribution in [0.2, 0.25) is 0 Å². The maximum atomic E-state index is 12.1. The SMILES string of the molecule is CC(C)N(C)S(=O)(=O)NCc1cccc2c1NCCC2. The Bertz CT molecular complexity index is 570. The van der Waals surface area contributed by atoms with Gasteiger partial charge in [-0.3, -0.25) is 0 Å². The minimum atomic E-state index is -3.43. The summed E-state index contributed by atoms with van der Waals surface area (Å²) in [4.78, 5) is 0. The molecule has 0 saturated carbocycles. The maximum Gasteiger partial charge on any atom is 0.279 e. The van der Waals surface area contributed by atoms with Crippen LogP contribution in [-0.2, 0) is 23.2 Å². The molecular weight excluding hydrogens is 274 g/mol. The molecule has 1 heterocycles. The lowest BCUT2D eigenvalue weighted by atomic mass is 9.99. The van der Waals surface area contributed by atoms with Gasteiger partial charge < -0.3 is 5.32 Å². The maximum absolute atomic E-state index is 12.1. The van der Waals surface area contributed by atoms with Gasteiger partial charge in [0.25, 0.3) is 10.2 Å². The van der Waals surface area contributed by atoms with Crippen molar-refractivity contribution in [3.63, 3.8) is 0 Å². The number of nitrogens with one attached hydrogen (secondary N) is 2. The average molecular weight is 297 g/mol. The Labute approximate surface area is 121 Å². The molecule has 5 nitrogen and oxygen atoms in total. The van der Waals surface area contributed by atoms with Crippen LogP contribution in [0.4, 0.5) is 5.69 Å². The summed E-state index contributed by atoms with van der Waals surface area (Å²) in [5, 5.41) is 3.37. The zero-order valence-electron chi connectivity index (χ0n) is 12.3. The van der Waals surface area contributed by atoms with Gasteiger partial charge in [-0.05, 0) is 37.8 Å². The molecule has 1 aromatic rings. The topological polar surface area (TPSA) is 61.4 Å². The van der Waals surface area contributed by atoms with E-state index in [1.807, 2.05) is 26.0 Å². The van der Waals surface area contributed by atoms with Crippen LogP contribution in [-0.4, -0.2) is 32.4 Å². The number of nitrogens with zero attached hydrogens (tertiary/aromatic N) is 1. The van der Waals surface area contributed by atoms with E-state index in [1.165, 1.54) is 9.87 Å². The zero-order valence-corrected chi connectivity index (χ0v) is 13.1. The van der Waals surface area contributed by atoms with Gasteiger partial charge >= 0.3 is 0 Å². The number of hydrogen-bond donors (Lipinski definition) is 2. The van der Waals surface area contributed by atoms with Crippen molar-refractivity contribution in [3.05, 3.63) is 29.3 Å². The third-order valence-corrected chi connectivity index (χ3v) is 5.40. The van der Waals surface area contributed by atoms with E-state index in [0.717, 1.165) is 30.6 Å². The first-order valence-corrected chi connectivity index (χ1v) is 8.43. The summed E-state index contributed by atoms with van der Waals surface area (Å²) in [5.74, 6) is 0. The Morgan fingerprint density at radius 1 is 1.40 bits per heavy atom. The van der Waals surface area contributed by atoms with E-state index in [0.29, 0.717) is 6.54 Å². The number of rotatable bonds is 5. The number of para-hydroxylation sites is 1. The minimum absolute atomic E-state index is 0.0599. The third-order valence-electron chi connectivity index (χ3n) is 3.71. The van der Waals surface area contributed by atoms with Crippen molar-refractivity contribution >= 4 is 15.9 Å². The smallest absolute Gasteiger partial charge is 0.279 e. The second-order valence-corrected chi connectivity index (χ2v) is 7.23. The van der Waals surface area contributed by atoms with Gasteiger partial charge in [0.2, 0.25) is 0 Å². The highest BCUT2D eigenvalue weighted by Gasteiger charge is 2.21. The molecule has 1 aliphatic heterocycles. The molecule has 0 aromatic heterocycles. The van der Waals surface area contributed by atoms with Crippen LogP contribution in [0.5, 0.6) is 0 Å². The monoisotopic (exact) mass is 297 g/mol. The number of fused-ring (bicyclic) bond motifs is 1. The fraction of sp³-hybridized carbons (Fsp3) is 0.571. The summed E-state index contributed by atoms with van der Waals surface area (Å²) in [6.07, 6.45) is 2.17. The number of anilines is 1. The van der Waals surface area contributed by atoms with Crippen molar-refractivity contribution in [3.8, 4) is 0 Å². The largest absolute Gasteiger partial charge is 0.385 e. The van der Waals surface area contributed by atoms with Gasteiger partial charge in [0.05, 0.1) is 0 Å². The van der Waals surface area contributed by atoms with Gasteiger partial charge in [0.1, 0.15) is 0 Å². The molecule has 0 saturated heterocycles. The molecule has 2 rings (SSSR count). The average Bonchev–Trinajstić information content (AvgIpc) is 2.44. The molecule has 20 heavy (non-hydrogen) atoms. The lowest BCUT2D eigenvalue weighted by molar-refractivity contribution is 0.402. The quantitative estimate of drug-likeness (QED) is 0.870. The normalized spacial score (nSPS) is 15.2. The van der Waals surface area contributed by atoms with Crippen LogP contribution in [0.1, 0.15) is 31.4 Å². The molecule has 0 bridgehead atoms. The van der Waals surface area contributed by atoms with E-state index >= 15 is 0 Å². The Hall–Kier alpha value is -1.11. The Morgan fingerprint density at radius 3 is 2.85 bits per heavy atom. The van der Waals surface area contributed by atoms with Crippen LogP contribution in [0, 0.1) is 0 Å². The van der Waals surface area contributed by atoms with E-state index < -0.39 is 10.2 Å². The molecule has 1 aliphatic rings. The summed E-state index contributed by atoms with van der Waals surface area (Å²) in [5.41, 5.74) is 3.36. The Balaban J connectivity index is 2.12. The molecule has 0 amide bonds. The van der Waals surface area contributed by atoms with Crippen LogP contribution in [0.15, 0.2) is 18.2 Å². The Morgan fingerprint density at radius 2 is 2.15 bits per heavy atom. The third kappa shape index (κ3) is 3.31. The highest BCUT2D eigenvalue weighted by Crippen LogP contribution is 2.26.